The minimum absolute atomic E-state index is 0.331. The van der Waals surface area contributed by atoms with Crippen LogP contribution in [-0.4, -0.2) is 11.7 Å². The average Bonchev–Trinajstić information content (AvgIpc) is 2.41. The third-order valence-electron chi connectivity index (χ3n) is 2.84. The Hall–Kier alpha value is -1.23. The van der Waals surface area contributed by atoms with Crippen LogP contribution in [-0.2, 0) is 6.54 Å². The highest BCUT2D eigenvalue weighted by Crippen LogP contribution is 2.16. The predicted molar refractivity (Wildman–Crippen MR) is 77.2 cm³/mol. The van der Waals surface area contributed by atoms with Crippen molar-refractivity contribution in [2.45, 2.75) is 12.6 Å². The van der Waals surface area contributed by atoms with Gasteiger partial charge in [0.1, 0.15) is 5.82 Å². The number of hydrogen-bond donors (Lipinski definition) is 2. The number of aliphatic hydroxyl groups is 1. The molecule has 0 radical (unpaired) electrons. The van der Waals surface area contributed by atoms with E-state index in [2.05, 4.69) is 21.2 Å². The van der Waals surface area contributed by atoms with Gasteiger partial charge in [-0.25, -0.2) is 4.39 Å². The normalized spacial score (nSPS) is 12.4. The molecular weight excluding hydrogens is 309 g/mol. The van der Waals surface area contributed by atoms with Gasteiger partial charge in [0, 0.05) is 17.6 Å². The van der Waals surface area contributed by atoms with Crippen LogP contribution in [0.3, 0.4) is 0 Å². The van der Waals surface area contributed by atoms with Crippen LogP contribution in [0.15, 0.2) is 53.0 Å². The molecule has 0 heterocycles. The van der Waals surface area contributed by atoms with Crippen molar-refractivity contribution in [1.82, 2.24) is 5.32 Å². The lowest BCUT2D eigenvalue weighted by Gasteiger charge is -2.13. The largest absolute Gasteiger partial charge is 0.387 e. The standard InChI is InChI=1S/C15H15BrFNO/c16-14-7-2-1-4-12(14)9-18-10-15(19)11-5-3-6-13(17)8-11/h1-8,15,18-19H,9-10H2. The molecule has 2 rings (SSSR count). The molecule has 2 aromatic rings. The first kappa shape index (κ1) is 14.2. The highest BCUT2D eigenvalue weighted by atomic mass is 79.9. The van der Waals surface area contributed by atoms with Gasteiger partial charge in [0.15, 0.2) is 0 Å². The maximum Gasteiger partial charge on any atom is 0.123 e. The van der Waals surface area contributed by atoms with E-state index >= 15 is 0 Å². The SMILES string of the molecule is OC(CNCc1ccccc1Br)c1cccc(F)c1. The van der Waals surface area contributed by atoms with Crippen molar-refractivity contribution in [3.8, 4) is 0 Å². The molecule has 0 bridgehead atoms. The zero-order valence-electron chi connectivity index (χ0n) is 10.3. The fourth-order valence-corrected chi connectivity index (χ4v) is 2.24. The molecule has 0 aromatic heterocycles. The fourth-order valence-electron chi connectivity index (χ4n) is 1.82. The Morgan fingerprint density at radius 3 is 2.68 bits per heavy atom. The zero-order chi connectivity index (χ0) is 13.7. The van der Waals surface area contributed by atoms with Crippen molar-refractivity contribution in [3.63, 3.8) is 0 Å². The number of hydrogen-bond acceptors (Lipinski definition) is 2. The maximum atomic E-state index is 13.0. The molecule has 1 atom stereocenters. The van der Waals surface area contributed by atoms with Gasteiger partial charge in [-0.1, -0.05) is 46.3 Å². The summed E-state index contributed by atoms with van der Waals surface area (Å²) >= 11 is 3.47. The first-order valence-electron chi connectivity index (χ1n) is 6.04. The maximum absolute atomic E-state index is 13.0. The van der Waals surface area contributed by atoms with Gasteiger partial charge in [-0.05, 0) is 29.3 Å². The van der Waals surface area contributed by atoms with E-state index in [0.717, 1.165) is 10.0 Å². The second kappa shape index (κ2) is 6.80. The van der Waals surface area contributed by atoms with Crippen LogP contribution in [0, 0.1) is 5.82 Å². The lowest BCUT2D eigenvalue weighted by Crippen LogP contribution is -2.21. The Kier molecular flexibility index (Phi) is 5.07. The van der Waals surface area contributed by atoms with Crippen molar-refractivity contribution >= 4 is 15.9 Å². The Labute approximate surface area is 120 Å². The first-order valence-corrected chi connectivity index (χ1v) is 6.84. The van der Waals surface area contributed by atoms with E-state index in [1.807, 2.05) is 24.3 Å². The third-order valence-corrected chi connectivity index (χ3v) is 3.62. The van der Waals surface area contributed by atoms with E-state index in [-0.39, 0.29) is 5.82 Å². The molecule has 0 fully saturated rings. The summed E-state index contributed by atoms with van der Waals surface area (Å²) in [5, 5.41) is 13.1. The molecule has 0 spiro atoms. The quantitative estimate of drug-likeness (QED) is 0.883. The Bertz CT molecular complexity index is 547. The van der Waals surface area contributed by atoms with E-state index in [4.69, 9.17) is 0 Å². The minimum atomic E-state index is -0.710. The lowest BCUT2D eigenvalue weighted by atomic mass is 10.1. The van der Waals surface area contributed by atoms with E-state index in [0.29, 0.717) is 18.7 Å². The van der Waals surface area contributed by atoms with Gasteiger partial charge in [0.25, 0.3) is 0 Å². The molecule has 0 saturated carbocycles. The number of aliphatic hydroxyl groups excluding tert-OH is 1. The molecule has 2 N–H and O–H groups in total. The van der Waals surface area contributed by atoms with E-state index < -0.39 is 6.10 Å². The summed E-state index contributed by atoms with van der Waals surface area (Å²) in [6.07, 6.45) is -0.710. The molecule has 0 aliphatic heterocycles. The predicted octanol–water partition coefficient (Wildman–Crippen LogP) is 3.41. The number of rotatable bonds is 5. The van der Waals surface area contributed by atoms with Gasteiger partial charge in [-0.3, -0.25) is 0 Å². The Morgan fingerprint density at radius 1 is 1.16 bits per heavy atom. The van der Waals surface area contributed by atoms with Crippen LogP contribution in [0.5, 0.6) is 0 Å². The fraction of sp³-hybridized carbons (Fsp3) is 0.200. The molecule has 0 saturated heterocycles. The van der Waals surface area contributed by atoms with Gasteiger partial charge in [0.05, 0.1) is 6.10 Å². The third kappa shape index (κ3) is 4.13. The second-order valence-electron chi connectivity index (χ2n) is 4.29. The number of halogens is 2. The summed E-state index contributed by atoms with van der Waals surface area (Å²) < 4.78 is 14.1. The molecule has 100 valence electrons. The highest BCUT2D eigenvalue weighted by Gasteiger charge is 2.08. The lowest BCUT2D eigenvalue weighted by molar-refractivity contribution is 0.174. The molecule has 0 amide bonds. The van der Waals surface area contributed by atoms with Crippen LogP contribution in [0.1, 0.15) is 17.2 Å². The molecule has 2 aromatic carbocycles. The topological polar surface area (TPSA) is 32.3 Å². The van der Waals surface area contributed by atoms with E-state index in [1.54, 1.807) is 12.1 Å². The summed E-state index contributed by atoms with van der Waals surface area (Å²) in [6.45, 7) is 1.03. The molecular formula is C15H15BrFNO. The second-order valence-corrected chi connectivity index (χ2v) is 5.15. The van der Waals surface area contributed by atoms with Crippen molar-refractivity contribution < 1.29 is 9.50 Å². The zero-order valence-corrected chi connectivity index (χ0v) is 11.9. The molecule has 19 heavy (non-hydrogen) atoms. The summed E-state index contributed by atoms with van der Waals surface area (Å²) in [5.41, 5.74) is 1.70. The van der Waals surface area contributed by atoms with Crippen molar-refractivity contribution in [2.75, 3.05) is 6.54 Å². The van der Waals surface area contributed by atoms with Crippen molar-refractivity contribution in [3.05, 3.63) is 69.9 Å². The number of benzene rings is 2. The van der Waals surface area contributed by atoms with Gasteiger partial charge >= 0.3 is 0 Å². The van der Waals surface area contributed by atoms with Gasteiger partial charge in [-0.2, -0.15) is 0 Å². The number of nitrogens with one attached hydrogen (secondary N) is 1. The highest BCUT2D eigenvalue weighted by molar-refractivity contribution is 9.10. The van der Waals surface area contributed by atoms with E-state index in [9.17, 15) is 9.50 Å². The average molecular weight is 324 g/mol. The Morgan fingerprint density at radius 2 is 1.95 bits per heavy atom. The van der Waals surface area contributed by atoms with Crippen molar-refractivity contribution in [2.24, 2.45) is 0 Å². The summed E-state index contributed by atoms with van der Waals surface area (Å²) in [5.74, 6) is -0.331. The van der Waals surface area contributed by atoms with Crippen LogP contribution in [0.4, 0.5) is 4.39 Å². The Balaban J connectivity index is 1.88. The molecule has 0 aliphatic carbocycles. The van der Waals surface area contributed by atoms with Crippen molar-refractivity contribution in [1.29, 1.82) is 0 Å². The van der Waals surface area contributed by atoms with Crippen LogP contribution >= 0.6 is 15.9 Å². The van der Waals surface area contributed by atoms with Gasteiger partial charge < -0.3 is 10.4 Å². The smallest absolute Gasteiger partial charge is 0.123 e. The molecule has 0 aliphatic rings. The minimum Gasteiger partial charge on any atom is -0.387 e. The van der Waals surface area contributed by atoms with Crippen LogP contribution < -0.4 is 5.32 Å². The molecule has 2 nitrogen and oxygen atoms in total. The molecule has 4 heteroatoms. The summed E-state index contributed by atoms with van der Waals surface area (Å²) in [4.78, 5) is 0. The van der Waals surface area contributed by atoms with Crippen LogP contribution in [0.2, 0.25) is 0 Å². The summed E-state index contributed by atoms with van der Waals surface area (Å²) in [6, 6.07) is 13.9. The van der Waals surface area contributed by atoms with Gasteiger partial charge in [0.2, 0.25) is 0 Å². The van der Waals surface area contributed by atoms with Crippen LogP contribution in [0.25, 0.3) is 0 Å². The first-order chi connectivity index (χ1) is 9.16. The van der Waals surface area contributed by atoms with E-state index in [1.165, 1.54) is 12.1 Å². The monoisotopic (exact) mass is 323 g/mol. The molecule has 1 unspecified atom stereocenters. The summed E-state index contributed by atoms with van der Waals surface area (Å²) in [7, 11) is 0. The van der Waals surface area contributed by atoms with Gasteiger partial charge in [-0.15, -0.1) is 0 Å².